The van der Waals surface area contributed by atoms with E-state index in [2.05, 4.69) is 15.5 Å². The molecular formula is C21H25ClFN3O. The van der Waals surface area contributed by atoms with Gasteiger partial charge in [0.2, 0.25) is 5.91 Å². The Kier molecular flexibility index (Phi) is 6.83. The van der Waals surface area contributed by atoms with Crippen LogP contribution in [0.4, 0.5) is 4.39 Å². The molecule has 1 aliphatic heterocycles. The van der Waals surface area contributed by atoms with E-state index >= 15 is 0 Å². The summed E-state index contributed by atoms with van der Waals surface area (Å²) in [5.74, 6) is -0.174. The van der Waals surface area contributed by atoms with Gasteiger partial charge >= 0.3 is 0 Å². The van der Waals surface area contributed by atoms with Crippen LogP contribution in [-0.2, 0) is 17.9 Å². The van der Waals surface area contributed by atoms with Gasteiger partial charge in [-0.3, -0.25) is 9.69 Å². The van der Waals surface area contributed by atoms with Gasteiger partial charge in [-0.2, -0.15) is 0 Å². The van der Waals surface area contributed by atoms with E-state index in [0.717, 1.165) is 24.1 Å². The first-order valence-corrected chi connectivity index (χ1v) is 9.67. The number of carbonyl (C=O) groups is 1. The van der Waals surface area contributed by atoms with Crippen LogP contribution >= 0.6 is 11.6 Å². The summed E-state index contributed by atoms with van der Waals surface area (Å²) in [6.07, 6.45) is 0.731. The number of rotatable bonds is 7. The van der Waals surface area contributed by atoms with Gasteiger partial charge in [0, 0.05) is 37.2 Å². The molecule has 2 aromatic carbocycles. The maximum absolute atomic E-state index is 13.4. The fourth-order valence-corrected chi connectivity index (χ4v) is 3.65. The molecule has 144 valence electrons. The van der Waals surface area contributed by atoms with E-state index in [1.165, 1.54) is 12.1 Å². The van der Waals surface area contributed by atoms with Crippen molar-refractivity contribution in [1.29, 1.82) is 0 Å². The molecule has 0 radical (unpaired) electrons. The lowest BCUT2D eigenvalue weighted by Crippen LogP contribution is -2.42. The molecule has 0 bridgehead atoms. The normalized spacial score (nSPS) is 20.0. The van der Waals surface area contributed by atoms with Gasteiger partial charge in [0.15, 0.2) is 0 Å². The number of likely N-dealkylation sites (N-methyl/N-ethyl adjacent to an activating group) is 1. The second kappa shape index (κ2) is 9.31. The molecule has 0 unspecified atom stereocenters. The molecule has 1 fully saturated rings. The predicted octanol–water partition coefficient (Wildman–Crippen LogP) is 3.35. The number of nitrogens with one attached hydrogen (secondary N) is 2. The van der Waals surface area contributed by atoms with Gasteiger partial charge in [0.05, 0.1) is 6.04 Å². The van der Waals surface area contributed by atoms with Crippen LogP contribution in [0, 0.1) is 5.82 Å². The van der Waals surface area contributed by atoms with Crippen LogP contribution in [0.15, 0.2) is 48.5 Å². The third kappa shape index (κ3) is 5.51. The molecule has 2 N–H and O–H groups in total. The quantitative estimate of drug-likeness (QED) is 0.763. The Hall–Kier alpha value is -1.95. The number of nitrogens with zero attached hydrogens (tertiary/aromatic N) is 1. The van der Waals surface area contributed by atoms with Crippen LogP contribution in [0.5, 0.6) is 0 Å². The molecule has 2 aromatic rings. The van der Waals surface area contributed by atoms with Crippen molar-refractivity contribution in [2.24, 2.45) is 0 Å². The maximum atomic E-state index is 13.4. The van der Waals surface area contributed by atoms with E-state index in [1.807, 2.05) is 37.3 Å². The van der Waals surface area contributed by atoms with Crippen LogP contribution in [0.25, 0.3) is 0 Å². The van der Waals surface area contributed by atoms with Gasteiger partial charge in [-0.25, -0.2) is 4.39 Å². The van der Waals surface area contributed by atoms with Crippen molar-refractivity contribution in [3.8, 4) is 0 Å². The molecule has 4 nitrogen and oxygen atoms in total. The van der Waals surface area contributed by atoms with E-state index in [9.17, 15) is 9.18 Å². The summed E-state index contributed by atoms with van der Waals surface area (Å²) in [7, 11) is 0. The Morgan fingerprint density at radius 3 is 2.70 bits per heavy atom. The van der Waals surface area contributed by atoms with Gasteiger partial charge in [0.1, 0.15) is 5.82 Å². The highest BCUT2D eigenvalue weighted by atomic mass is 35.5. The van der Waals surface area contributed by atoms with Gasteiger partial charge in [0.25, 0.3) is 0 Å². The van der Waals surface area contributed by atoms with Crippen molar-refractivity contribution < 1.29 is 9.18 Å². The van der Waals surface area contributed by atoms with E-state index in [-0.39, 0.29) is 23.8 Å². The minimum Gasteiger partial charge on any atom is -0.355 e. The SMILES string of the molecule is CCNC(=O)[C@@H]1C[C@H](NCc2cccc(F)c2)CN1Cc1ccc(Cl)cc1. The fourth-order valence-electron chi connectivity index (χ4n) is 3.52. The molecule has 0 aliphatic carbocycles. The number of hydrogen-bond acceptors (Lipinski definition) is 3. The summed E-state index contributed by atoms with van der Waals surface area (Å²) in [5.41, 5.74) is 2.03. The molecule has 1 aliphatic rings. The molecule has 0 aromatic heterocycles. The number of benzene rings is 2. The number of hydrogen-bond donors (Lipinski definition) is 2. The van der Waals surface area contributed by atoms with Crippen LogP contribution in [-0.4, -0.2) is 36.0 Å². The second-order valence-electron chi connectivity index (χ2n) is 6.91. The van der Waals surface area contributed by atoms with Crippen molar-refractivity contribution in [3.05, 3.63) is 70.5 Å². The van der Waals surface area contributed by atoms with Crippen molar-refractivity contribution in [2.75, 3.05) is 13.1 Å². The molecule has 3 rings (SSSR count). The highest BCUT2D eigenvalue weighted by molar-refractivity contribution is 6.30. The van der Waals surface area contributed by atoms with Gasteiger partial charge in [-0.05, 0) is 48.7 Å². The number of likely N-dealkylation sites (tertiary alicyclic amines) is 1. The summed E-state index contributed by atoms with van der Waals surface area (Å²) in [4.78, 5) is 14.7. The predicted molar refractivity (Wildman–Crippen MR) is 106 cm³/mol. The molecule has 1 heterocycles. The van der Waals surface area contributed by atoms with Crippen molar-refractivity contribution in [3.63, 3.8) is 0 Å². The topological polar surface area (TPSA) is 44.4 Å². The van der Waals surface area contributed by atoms with Crippen LogP contribution in [0.2, 0.25) is 5.02 Å². The average molecular weight is 390 g/mol. The summed E-state index contributed by atoms with van der Waals surface area (Å²) in [6, 6.07) is 14.3. The van der Waals surface area contributed by atoms with Crippen LogP contribution in [0.3, 0.4) is 0 Å². The minimum atomic E-state index is -0.231. The Morgan fingerprint density at radius 1 is 1.22 bits per heavy atom. The Labute approximate surface area is 164 Å². The monoisotopic (exact) mass is 389 g/mol. The standard InChI is InChI=1S/C21H25ClFN3O/c1-2-24-21(27)20-11-19(25-12-16-4-3-5-18(23)10-16)14-26(20)13-15-6-8-17(22)9-7-15/h3-10,19-20,25H,2,11-14H2,1H3,(H,24,27)/t19-,20-/m0/s1. The van der Waals surface area contributed by atoms with Crippen molar-refractivity contribution >= 4 is 17.5 Å². The lowest BCUT2D eigenvalue weighted by Gasteiger charge is -2.23. The highest BCUT2D eigenvalue weighted by Crippen LogP contribution is 2.22. The summed E-state index contributed by atoms with van der Waals surface area (Å²) < 4.78 is 13.4. The van der Waals surface area contributed by atoms with E-state index in [0.29, 0.717) is 24.7 Å². The molecule has 0 spiro atoms. The van der Waals surface area contributed by atoms with E-state index in [1.54, 1.807) is 6.07 Å². The van der Waals surface area contributed by atoms with Crippen molar-refractivity contribution in [2.45, 2.75) is 38.5 Å². The zero-order chi connectivity index (χ0) is 19.2. The zero-order valence-electron chi connectivity index (χ0n) is 15.4. The smallest absolute Gasteiger partial charge is 0.237 e. The maximum Gasteiger partial charge on any atom is 0.237 e. The molecule has 1 amide bonds. The largest absolute Gasteiger partial charge is 0.355 e. The first-order valence-electron chi connectivity index (χ1n) is 9.29. The van der Waals surface area contributed by atoms with Gasteiger partial charge < -0.3 is 10.6 Å². The third-order valence-corrected chi connectivity index (χ3v) is 5.09. The van der Waals surface area contributed by atoms with Gasteiger partial charge in [-0.1, -0.05) is 35.9 Å². The second-order valence-corrected chi connectivity index (χ2v) is 7.35. The van der Waals surface area contributed by atoms with Crippen LogP contribution in [0.1, 0.15) is 24.5 Å². The van der Waals surface area contributed by atoms with Crippen molar-refractivity contribution in [1.82, 2.24) is 15.5 Å². The summed E-state index contributed by atoms with van der Waals surface area (Å²) in [6.45, 7) is 4.58. The lowest BCUT2D eigenvalue weighted by atomic mass is 10.1. The third-order valence-electron chi connectivity index (χ3n) is 4.84. The Bertz CT molecular complexity index is 768. The van der Waals surface area contributed by atoms with Gasteiger partial charge in [-0.15, -0.1) is 0 Å². The van der Waals surface area contributed by atoms with E-state index in [4.69, 9.17) is 11.6 Å². The first-order chi connectivity index (χ1) is 13.0. The fraction of sp³-hybridized carbons (Fsp3) is 0.381. The Morgan fingerprint density at radius 2 is 2.00 bits per heavy atom. The average Bonchev–Trinajstić information content (AvgIpc) is 3.05. The Balaban J connectivity index is 1.65. The molecule has 0 saturated carbocycles. The summed E-state index contributed by atoms with van der Waals surface area (Å²) in [5, 5.41) is 7.11. The highest BCUT2D eigenvalue weighted by Gasteiger charge is 2.36. The number of amides is 1. The van der Waals surface area contributed by atoms with Crippen LogP contribution < -0.4 is 10.6 Å². The van der Waals surface area contributed by atoms with E-state index < -0.39 is 0 Å². The molecule has 27 heavy (non-hydrogen) atoms. The molecular weight excluding hydrogens is 365 g/mol. The summed E-state index contributed by atoms with van der Waals surface area (Å²) >= 11 is 5.97. The first kappa shape index (κ1) is 19.8. The molecule has 1 saturated heterocycles. The number of carbonyl (C=O) groups excluding carboxylic acids is 1. The minimum absolute atomic E-state index is 0.0570. The number of halogens is 2. The zero-order valence-corrected chi connectivity index (χ0v) is 16.2. The molecule has 6 heteroatoms. The molecule has 2 atom stereocenters. The lowest BCUT2D eigenvalue weighted by molar-refractivity contribution is -0.125.